The van der Waals surface area contributed by atoms with Gasteiger partial charge >= 0.3 is 6.01 Å². The lowest BCUT2D eigenvalue weighted by molar-refractivity contribution is 0.317. The summed E-state index contributed by atoms with van der Waals surface area (Å²) in [4.78, 5) is 8.08. The van der Waals surface area contributed by atoms with E-state index in [1.165, 1.54) is 0 Å². The third-order valence-electron chi connectivity index (χ3n) is 1.95. The van der Waals surface area contributed by atoms with Gasteiger partial charge in [0, 0.05) is 12.4 Å². The van der Waals surface area contributed by atoms with Crippen LogP contribution >= 0.6 is 15.9 Å². The Morgan fingerprint density at radius 3 is 2.41 bits per heavy atom. The van der Waals surface area contributed by atoms with Gasteiger partial charge in [0.2, 0.25) is 0 Å². The number of para-hydroxylation sites is 2. The minimum Gasteiger partial charge on any atom is -0.490 e. The Morgan fingerprint density at radius 1 is 1.12 bits per heavy atom. The summed E-state index contributed by atoms with van der Waals surface area (Å²) in [7, 11) is 0. The monoisotopic (exact) mass is 294 g/mol. The van der Waals surface area contributed by atoms with Crippen LogP contribution in [0.4, 0.5) is 0 Å². The predicted molar refractivity (Wildman–Crippen MR) is 67.4 cm³/mol. The third kappa shape index (κ3) is 3.17. The molecule has 0 saturated carbocycles. The topological polar surface area (TPSA) is 44.2 Å². The summed E-state index contributed by atoms with van der Waals surface area (Å²) in [5, 5.41) is 0. The number of hydrogen-bond donors (Lipinski definition) is 0. The second-order valence-corrected chi connectivity index (χ2v) is 4.08. The summed E-state index contributed by atoms with van der Waals surface area (Å²) in [5.41, 5.74) is 0. The van der Waals surface area contributed by atoms with E-state index in [2.05, 4.69) is 25.9 Å². The molecule has 0 aliphatic carbocycles. The number of ether oxygens (including phenoxy) is 2. The Kier molecular flexibility index (Phi) is 3.93. The van der Waals surface area contributed by atoms with Gasteiger partial charge in [-0.05, 0) is 35.0 Å². The van der Waals surface area contributed by atoms with E-state index in [0.29, 0.717) is 24.1 Å². The fraction of sp³-hybridized carbons (Fsp3) is 0.167. The van der Waals surface area contributed by atoms with Crippen molar-refractivity contribution in [3.05, 3.63) is 41.1 Å². The number of halogens is 1. The van der Waals surface area contributed by atoms with Crippen LogP contribution in [-0.2, 0) is 0 Å². The molecule has 2 aromatic rings. The van der Waals surface area contributed by atoms with Gasteiger partial charge in [0.05, 0.1) is 11.1 Å². The van der Waals surface area contributed by atoms with E-state index in [0.717, 1.165) is 4.47 Å². The zero-order valence-electron chi connectivity index (χ0n) is 9.26. The fourth-order valence-electron chi connectivity index (χ4n) is 1.26. The van der Waals surface area contributed by atoms with Crippen LogP contribution in [0.25, 0.3) is 0 Å². The van der Waals surface area contributed by atoms with E-state index in [1.807, 2.05) is 31.2 Å². The zero-order valence-corrected chi connectivity index (χ0v) is 10.8. The standard InChI is InChI=1S/C12H11BrN2O2/c1-2-16-10-5-3-4-6-11(10)17-12-14-7-9(13)8-15-12/h3-8H,2H2,1H3. The van der Waals surface area contributed by atoms with Crippen LogP contribution in [0.2, 0.25) is 0 Å². The number of hydrogen-bond acceptors (Lipinski definition) is 4. The minimum atomic E-state index is 0.292. The lowest BCUT2D eigenvalue weighted by Crippen LogP contribution is -1.96. The number of rotatable bonds is 4. The highest BCUT2D eigenvalue weighted by Gasteiger charge is 2.06. The van der Waals surface area contributed by atoms with Crippen molar-refractivity contribution in [3.8, 4) is 17.5 Å². The lowest BCUT2D eigenvalue weighted by Gasteiger charge is -2.09. The molecule has 0 N–H and O–H groups in total. The van der Waals surface area contributed by atoms with Crippen LogP contribution in [0.1, 0.15) is 6.92 Å². The van der Waals surface area contributed by atoms with Gasteiger partial charge < -0.3 is 9.47 Å². The maximum atomic E-state index is 5.55. The molecule has 0 bridgehead atoms. The van der Waals surface area contributed by atoms with Crippen molar-refractivity contribution in [2.75, 3.05) is 6.61 Å². The van der Waals surface area contributed by atoms with Crippen molar-refractivity contribution in [2.45, 2.75) is 6.92 Å². The predicted octanol–water partition coefficient (Wildman–Crippen LogP) is 3.43. The van der Waals surface area contributed by atoms with E-state index in [9.17, 15) is 0 Å². The second kappa shape index (κ2) is 5.63. The molecule has 0 spiro atoms. The lowest BCUT2D eigenvalue weighted by atomic mass is 10.3. The molecule has 0 aliphatic rings. The average molecular weight is 295 g/mol. The summed E-state index contributed by atoms with van der Waals surface area (Å²) in [6.45, 7) is 2.51. The molecular weight excluding hydrogens is 284 g/mol. The van der Waals surface area contributed by atoms with Gasteiger partial charge in [-0.15, -0.1) is 0 Å². The molecule has 5 heteroatoms. The smallest absolute Gasteiger partial charge is 0.322 e. The Balaban J connectivity index is 2.20. The molecule has 0 amide bonds. The minimum absolute atomic E-state index is 0.292. The van der Waals surface area contributed by atoms with Gasteiger partial charge in [0.25, 0.3) is 0 Å². The summed E-state index contributed by atoms with van der Waals surface area (Å²) in [5.74, 6) is 1.29. The maximum Gasteiger partial charge on any atom is 0.322 e. The Labute approximate surface area is 108 Å². The van der Waals surface area contributed by atoms with Crippen LogP contribution in [-0.4, -0.2) is 16.6 Å². The van der Waals surface area contributed by atoms with Crippen LogP contribution in [0.15, 0.2) is 41.1 Å². The van der Waals surface area contributed by atoms with Crippen LogP contribution < -0.4 is 9.47 Å². The van der Waals surface area contributed by atoms with E-state index in [1.54, 1.807) is 12.4 Å². The summed E-state index contributed by atoms with van der Waals surface area (Å²) >= 11 is 3.26. The van der Waals surface area contributed by atoms with E-state index in [4.69, 9.17) is 9.47 Å². The molecule has 0 aliphatic heterocycles. The van der Waals surface area contributed by atoms with E-state index >= 15 is 0 Å². The first-order valence-corrected chi connectivity index (χ1v) is 5.96. The van der Waals surface area contributed by atoms with Crippen molar-refractivity contribution in [2.24, 2.45) is 0 Å². The molecule has 2 rings (SSSR count). The molecule has 0 radical (unpaired) electrons. The summed E-state index contributed by atoms with van der Waals surface area (Å²) in [6.07, 6.45) is 3.26. The molecule has 0 fully saturated rings. The first kappa shape index (κ1) is 11.9. The molecule has 88 valence electrons. The Bertz CT molecular complexity index is 488. The Hall–Kier alpha value is -1.62. The normalized spacial score (nSPS) is 10.0. The molecule has 1 heterocycles. The van der Waals surface area contributed by atoms with Crippen LogP contribution in [0, 0.1) is 0 Å². The Morgan fingerprint density at radius 2 is 1.76 bits per heavy atom. The average Bonchev–Trinajstić information content (AvgIpc) is 2.35. The van der Waals surface area contributed by atoms with Gasteiger partial charge in [0.1, 0.15) is 0 Å². The summed E-state index contributed by atoms with van der Waals surface area (Å²) < 4.78 is 11.8. The number of nitrogens with zero attached hydrogens (tertiary/aromatic N) is 2. The van der Waals surface area contributed by atoms with Crippen molar-refractivity contribution in [3.63, 3.8) is 0 Å². The van der Waals surface area contributed by atoms with Crippen molar-refractivity contribution < 1.29 is 9.47 Å². The highest BCUT2D eigenvalue weighted by Crippen LogP contribution is 2.29. The van der Waals surface area contributed by atoms with Crippen molar-refractivity contribution in [1.29, 1.82) is 0 Å². The summed E-state index contributed by atoms with van der Waals surface area (Å²) in [6, 6.07) is 7.71. The van der Waals surface area contributed by atoms with Crippen LogP contribution in [0.3, 0.4) is 0 Å². The maximum absolute atomic E-state index is 5.55. The third-order valence-corrected chi connectivity index (χ3v) is 2.36. The quantitative estimate of drug-likeness (QED) is 0.866. The van der Waals surface area contributed by atoms with Gasteiger partial charge in [-0.3, -0.25) is 0 Å². The van der Waals surface area contributed by atoms with Crippen molar-refractivity contribution in [1.82, 2.24) is 9.97 Å². The number of benzene rings is 1. The second-order valence-electron chi connectivity index (χ2n) is 3.17. The van der Waals surface area contributed by atoms with Gasteiger partial charge in [-0.1, -0.05) is 12.1 Å². The first-order chi connectivity index (χ1) is 8.29. The molecular formula is C12H11BrN2O2. The SMILES string of the molecule is CCOc1ccccc1Oc1ncc(Br)cn1. The van der Waals surface area contributed by atoms with E-state index < -0.39 is 0 Å². The molecule has 1 aromatic heterocycles. The fourth-order valence-corrected chi connectivity index (χ4v) is 1.47. The highest BCUT2D eigenvalue weighted by molar-refractivity contribution is 9.10. The largest absolute Gasteiger partial charge is 0.490 e. The highest BCUT2D eigenvalue weighted by atomic mass is 79.9. The van der Waals surface area contributed by atoms with Gasteiger partial charge in [-0.2, -0.15) is 0 Å². The molecule has 0 unspecified atom stereocenters. The van der Waals surface area contributed by atoms with Crippen molar-refractivity contribution >= 4 is 15.9 Å². The van der Waals surface area contributed by atoms with Crippen LogP contribution in [0.5, 0.6) is 17.5 Å². The molecule has 0 saturated heterocycles. The van der Waals surface area contributed by atoms with Gasteiger partial charge in [-0.25, -0.2) is 9.97 Å². The molecule has 0 atom stereocenters. The van der Waals surface area contributed by atoms with E-state index in [-0.39, 0.29) is 0 Å². The molecule has 1 aromatic carbocycles. The zero-order chi connectivity index (χ0) is 12.1. The molecule has 17 heavy (non-hydrogen) atoms. The first-order valence-electron chi connectivity index (χ1n) is 5.17. The van der Waals surface area contributed by atoms with Gasteiger partial charge in [0.15, 0.2) is 11.5 Å². The number of aromatic nitrogens is 2. The molecule has 4 nitrogen and oxygen atoms in total.